The van der Waals surface area contributed by atoms with E-state index in [1.165, 1.54) is 10.6 Å². The summed E-state index contributed by atoms with van der Waals surface area (Å²) in [6.45, 7) is 2.02. The van der Waals surface area contributed by atoms with Gasteiger partial charge in [0.1, 0.15) is 6.04 Å². The van der Waals surface area contributed by atoms with Crippen molar-refractivity contribution in [3.63, 3.8) is 0 Å². The van der Waals surface area contributed by atoms with E-state index in [0.717, 1.165) is 12.8 Å². The molecule has 0 aromatic heterocycles. The summed E-state index contributed by atoms with van der Waals surface area (Å²) < 4.78 is 24.4. The van der Waals surface area contributed by atoms with Crippen molar-refractivity contribution in [1.82, 2.24) is 14.5 Å². The third-order valence-electron chi connectivity index (χ3n) is 4.84. The molecule has 3 rings (SSSR count). The van der Waals surface area contributed by atoms with Crippen LogP contribution in [-0.2, 0) is 14.8 Å². The van der Waals surface area contributed by atoms with Crippen molar-refractivity contribution < 1.29 is 13.2 Å². The van der Waals surface area contributed by atoms with E-state index in [-0.39, 0.29) is 24.5 Å². The zero-order valence-electron chi connectivity index (χ0n) is 12.0. The number of nitriles is 1. The van der Waals surface area contributed by atoms with Gasteiger partial charge in [0.05, 0.1) is 18.9 Å². The van der Waals surface area contributed by atoms with Gasteiger partial charge in [0.15, 0.2) is 0 Å². The summed E-state index contributed by atoms with van der Waals surface area (Å²) >= 11 is 0. The van der Waals surface area contributed by atoms with Crippen LogP contribution in [0.5, 0.6) is 0 Å². The first-order chi connectivity index (χ1) is 9.91. The maximum absolute atomic E-state index is 12.1. The summed E-state index contributed by atoms with van der Waals surface area (Å²) in [6, 6.07) is 2.13. The molecule has 0 aromatic rings. The van der Waals surface area contributed by atoms with Gasteiger partial charge >= 0.3 is 0 Å². The fraction of sp³-hybridized carbons (Fsp3) is 0.846. The third-order valence-corrected chi connectivity index (χ3v) is 6.08. The van der Waals surface area contributed by atoms with Crippen LogP contribution in [0.25, 0.3) is 0 Å². The summed E-state index contributed by atoms with van der Waals surface area (Å²) in [4.78, 5) is 13.7. The lowest BCUT2D eigenvalue weighted by Gasteiger charge is -2.21. The molecule has 3 atom stereocenters. The third kappa shape index (κ3) is 2.78. The van der Waals surface area contributed by atoms with Crippen molar-refractivity contribution in [3.8, 4) is 6.07 Å². The first-order valence-electron chi connectivity index (χ1n) is 7.29. The minimum Gasteiger partial charge on any atom is -0.326 e. The highest BCUT2D eigenvalue weighted by molar-refractivity contribution is 7.88. The average molecular weight is 312 g/mol. The molecule has 1 amide bonds. The minimum atomic E-state index is -3.09. The summed E-state index contributed by atoms with van der Waals surface area (Å²) in [5.41, 5.74) is 0. The number of hydrogen-bond acceptors (Lipinski definition) is 5. The summed E-state index contributed by atoms with van der Waals surface area (Å²) in [5, 5.41) is 12.2. The molecule has 2 aliphatic heterocycles. The molecule has 21 heavy (non-hydrogen) atoms. The molecular formula is C13H20N4O3S. The van der Waals surface area contributed by atoms with Crippen molar-refractivity contribution in [2.24, 2.45) is 11.8 Å². The first kappa shape index (κ1) is 14.8. The fourth-order valence-corrected chi connectivity index (χ4v) is 4.45. The van der Waals surface area contributed by atoms with Crippen molar-refractivity contribution in [2.75, 3.05) is 32.4 Å². The van der Waals surface area contributed by atoms with E-state index in [9.17, 15) is 13.2 Å². The van der Waals surface area contributed by atoms with E-state index in [4.69, 9.17) is 5.26 Å². The molecule has 1 saturated carbocycles. The Balaban J connectivity index is 1.45. The Morgan fingerprint density at radius 1 is 1.38 bits per heavy atom. The standard InChI is InChI=1S/C13H20N4O3S/c1-21(19,20)16-7-10-11(8-16)13(10)15-6-12(18)17-4-2-3-9(17)5-14/h9-11,13,15H,2-4,6-8H2,1H3. The van der Waals surface area contributed by atoms with Gasteiger partial charge in [-0.25, -0.2) is 12.7 Å². The monoisotopic (exact) mass is 312 g/mol. The Hall–Kier alpha value is -1.17. The summed E-state index contributed by atoms with van der Waals surface area (Å²) in [5.74, 6) is 0.639. The van der Waals surface area contributed by atoms with Gasteiger partial charge in [-0.2, -0.15) is 5.26 Å². The number of carbonyl (C=O) groups excluding carboxylic acids is 1. The van der Waals surface area contributed by atoms with Gasteiger partial charge in [0.25, 0.3) is 0 Å². The molecule has 0 spiro atoms. The van der Waals surface area contributed by atoms with Crippen LogP contribution in [0.1, 0.15) is 12.8 Å². The van der Waals surface area contributed by atoms with Crippen LogP contribution in [-0.4, -0.2) is 68.0 Å². The largest absolute Gasteiger partial charge is 0.326 e. The maximum Gasteiger partial charge on any atom is 0.237 e. The summed E-state index contributed by atoms with van der Waals surface area (Å²) in [6.07, 6.45) is 2.89. The Morgan fingerprint density at radius 2 is 2.05 bits per heavy atom. The van der Waals surface area contributed by atoms with Gasteiger partial charge < -0.3 is 10.2 Å². The number of amides is 1. The van der Waals surface area contributed by atoms with E-state index in [1.807, 2.05) is 0 Å². The number of nitrogens with zero attached hydrogens (tertiary/aromatic N) is 3. The molecule has 3 unspecified atom stereocenters. The second-order valence-electron chi connectivity index (χ2n) is 6.19. The van der Waals surface area contributed by atoms with Crippen molar-refractivity contribution in [3.05, 3.63) is 0 Å². The molecule has 3 fully saturated rings. The van der Waals surface area contributed by atoms with Crippen molar-refractivity contribution in [2.45, 2.75) is 24.9 Å². The lowest BCUT2D eigenvalue weighted by atomic mass is 10.2. The zero-order chi connectivity index (χ0) is 15.2. The number of rotatable bonds is 4. The van der Waals surface area contributed by atoms with Gasteiger partial charge in [-0.05, 0) is 24.7 Å². The SMILES string of the molecule is CS(=O)(=O)N1CC2C(C1)C2NCC(=O)N1CCCC1C#N. The lowest BCUT2D eigenvalue weighted by Crippen LogP contribution is -2.43. The highest BCUT2D eigenvalue weighted by atomic mass is 32.2. The fourth-order valence-electron chi connectivity index (χ4n) is 3.57. The van der Waals surface area contributed by atoms with Crippen LogP contribution in [0.4, 0.5) is 0 Å². The van der Waals surface area contributed by atoms with E-state index in [0.29, 0.717) is 31.5 Å². The lowest BCUT2D eigenvalue weighted by molar-refractivity contribution is -0.130. The van der Waals surface area contributed by atoms with Crippen LogP contribution < -0.4 is 5.32 Å². The topological polar surface area (TPSA) is 93.5 Å². The smallest absolute Gasteiger partial charge is 0.237 e. The molecule has 7 nitrogen and oxygen atoms in total. The van der Waals surface area contributed by atoms with Crippen LogP contribution in [0, 0.1) is 23.2 Å². The van der Waals surface area contributed by atoms with E-state index < -0.39 is 10.0 Å². The number of fused-ring (bicyclic) bond motifs is 1. The molecule has 2 heterocycles. The number of nitrogens with one attached hydrogen (secondary N) is 1. The molecule has 1 aliphatic carbocycles. The molecule has 0 bridgehead atoms. The molecular weight excluding hydrogens is 292 g/mol. The number of likely N-dealkylation sites (tertiary alicyclic amines) is 1. The molecule has 8 heteroatoms. The van der Waals surface area contributed by atoms with Gasteiger partial charge in [-0.15, -0.1) is 0 Å². The molecule has 3 aliphatic rings. The Morgan fingerprint density at radius 3 is 2.62 bits per heavy atom. The highest BCUT2D eigenvalue weighted by Gasteiger charge is 2.57. The molecule has 0 aromatic carbocycles. The number of piperidine rings is 1. The van der Waals surface area contributed by atoms with Crippen LogP contribution >= 0.6 is 0 Å². The van der Waals surface area contributed by atoms with Crippen molar-refractivity contribution >= 4 is 15.9 Å². The average Bonchev–Trinajstić information content (AvgIpc) is 2.87. The Bertz CT molecular complexity index is 573. The van der Waals surface area contributed by atoms with Gasteiger partial charge in [0.2, 0.25) is 15.9 Å². The van der Waals surface area contributed by atoms with E-state index in [2.05, 4.69) is 11.4 Å². The van der Waals surface area contributed by atoms with Crippen molar-refractivity contribution in [1.29, 1.82) is 5.26 Å². The van der Waals surface area contributed by atoms with E-state index >= 15 is 0 Å². The second kappa shape index (κ2) is 5.23. The van der Waals surface area contributed by atoms with Crippen LogP contribution in [0.2, 0.25) is 0 Å². The Kier molecular flexibility index (Phi) is 3.67. The summed E-state index contributed by atoms with van der Waals surface area (Å²) in [7, 11) is -3.09. The normalized spacial score (nSPS) is 35.5. The molecule has 116 valence electrons. The molecule has 2 saturated heterocycles. The van der Waals surface area contributed by atoms with E-state index in [1.54, 1.807) is 4.90 Å². The first-order valence-corrected chi connectivity index (χ1v) is 9.14. The van der Waals surface area contributed by atoms with Gasteiger partial charge in [0, 0.05) is 25.7 Å². The zero-order valence-corrected chi connectivity index (χ0v) is 12.8. The predicted octanol–water partition coefficient (Wildman–Crippen LogP) is -1.02. The van der Waals surface area contributed by atoms with Gasteiger partial charge in [-0.3, -0.25) is 4.79 Å². The highest BCUT2D eigenvalue weighted by Crippen LogP contribution is 2.46. The number of carbonyl (C=O) groups is 1. The number of hydrogen-bond donors (Lipinski definition) is 1. The van der Waals surface area contributed by atoms with Crippen LogP contribution in [0.15, 0.2) is 0 Å². The Labute approximate surface area is 124 Å². The second-order valence-corrected chi connectivity index (χ2v) is 8.17. The molecule has 0 radical (unpaired) electrons. The quantitative estimate of drug-likeness (QED) is 0.717. The predicted molar refractivity (Wildman–Crippen MR) is 75.5 cm³/mol. The van der Waals surface area contributed by atoms with Gasteiger partial charge in [-0.1, -0.05) is 0 Å². The maximum atomic E-state index is 12.1. The van der Waals surface area contributed by atoms with Crippen LogP contribution in [0.3, 0.4) is 0 Å². The molecule has 1 N–H and O–H groups in total. The minimum absolute atomic E-state index is 0.0241. The number of sulfonamides is 1.